The van der Waals surface area contributed by atoms with Crippen molar-refractivity contribution < 1.29 is 14.3 Å². The molecule has 6 nitrogen and oxygen atoms in total. The lowest BCUT2D eigenvalue weighted by Gasteiger charge is -2.07. The number of nitrogens with one attached hydrogen (secondary N) is 2. The van der Waals surface area contributed by atoms with E-state index >= 15 is 0 Å². The Bertz CT molecular complexity index is 832. The number of thiazole rings is 1. The molecule has 2 aromatic heterocycles. The van der Waals surface area contributed by atoms with E-state index in [1.807, 2.05) is 41.1 Å². The summed E-state index contributed by atoms with van der Waals surface area (Å²) in [6.07, 6.45) is 0. The Morgan fingerprint density at radius 1 is 1.04 bits per heavy atom. The maximum Gasteiger partial charge on any atom is 0.258 e. The molecule has 0 unspecified atom stereocenters. The van der Waals surface area contributed by atoms with Crippen molar-refractivity contribution in [2.24, 2.45) is 0 Å². The molecule has 2 N–H and O–H groups in total. The van der Waals surface area contributed by atoms with Crippen molar-refractivity contribution >= 4 is 39.6 Å². The molecule has 1 aromatic carbocycles. The van der Waals surface area contributed by atoms with Crippen molar-refractivity contribution in [1.82, 2.24) is 10.3 Å². The number of carbonyl (C=O) groups is 2. The number of hydrogen-bond acceptors (Lipinski definition) is 6. The van der Waals surface area contributed by atoms with Gasteiger partial charge >= 0.3 is 0 Å². The SMILES string of the molecule is O=C(COc1ccccc1)NCC(=O)Nc1nc(-c2cccs2)cs1. The third-order valence-electron chi connectivity index (χ3n) is 3.08. The number of aromatic nitrogens is 1. The predicted molar refractivity (Wildman–Crippen MR) is 99.0 cm³/mol. The van der Waals surface area contributed by atoms with Crippen LogP contribution in [0.5, 0.6) is 5.75 Å². The van der Waals surface area contributed by atoms with Crippen LogP contribution in [0.4, 0.5) is 5.13 Å². The molecule has 0 saturated heterocycles. The van der Waals surface area contributed by atoms with Crippen LogP contribution in [0.15, 0.2) is 53.2 Å². The second-order valence-corrected chi connectivity index (χ2v) is 6.75. The summed E-state index contributed by atoms with van der Waals surface area (Å²) in [6.45, 7) is -0.276. The van der Waals surface area contributed by atoms with Gasteiger partial charge in [0.05, 0.1) is 17.1 Å². The number of anilines is 1. The zero-order valence-electron chi connectivity index (χ0n) is 13.1. The van der Waals surface area contributed by atoms with Gasteiger partial charge in [-0.3, -0.25) is 9.59 Å². The van der Waals surface area contributed by atoms with Crippen LogP contribution in [0.3, 0.4) is 0 Å². The minimum Gasteiger partial charge on any atom is -0.484 e. The molecular formula is C17H15N3O3S2. The van der Waals surface area contributed by atoms with E-state index in [4.69, 9.17) is 4.74 Å². The number of benzene rings is 1. The minimum absolute atomic E-state index is 0.134. The Balaban J connectivity index is 1.41. The molecule has 3 rings (SSSR count). The molecule has 0 radical (unpaired) electrons. The number of hydrogen-bond donors (Lipinski definition) is 2. The zero-order valence-corrected chi connectivity index (χ0v) is 14.7. The Morgan fingerprint density at radius 2 is 1.88 bits per heavy atom. The molecule has 2 heterocycles. The van der Waals surface area contributed by atoms with Crippen LogP contribution in [0.25, 0.3) is 10.6 Å². The molecule has 8 heteroatoms. The Morgan fingerprint density at radius 3 is 2.64 bits per heavy atom. The minimum atomic E-state index is -0.364. The van der Waals surface area contributed by atoms with E-state index < -0.39 is 0 Å². The summed E-state index contributed by atoms with van der Waals surface area (Å²) >= 11 is 2.93. The quantitative estimate of drug-likeness (QED) is 0.667. The van der Waals surface area contributed by atoms with Gasteiger partial charge in [0.25, 0.3) is 5.91 Å². The van der Waals surface area contributed by atoms with Crippen molar-refractivity contribution in [3.63, 3.8) is 0 Å². The summed E-state index contributed by atoms with van der Waals surface area (Å²) in [7, 11) is 0. The van der Waals surface area contributed by atoms with Gasteiger partial charge in [0.15, 0.2) is 11.7 Å². The summed E-state index contributed by atoms with van der Waals surface area (Å²) in [4.78, 5) is 29.0. The first-order valence-electron chi connectivity index (χ1n) is 7.44. The monoisotopic (exact) mass is 373 g/mol. The van der Waals surface area contributed by atoms with Crippen LogP contribution in [0, 0.1) is 0 Å². The van der Waals surface area contributed by atoms with Gasteiger partial charge in [0, 0.05) is 5.38 Å². The van der Waals surface area contributed by atoms with Crippen molar-refractivity contribution in [3.8, 4) is 16.3 Å². The molecule has 3 aromatic rings. The van der Waals surface area contributed by atoms with Gasteiger partial charge in [0.2, 0.25) is 5.91 Å². The van der Waals surface area contributed by atoms with Crippen LogP contribution < -0.4 is 15.4 Å². The topological polar surface area (TPSA) is 80.3 Å². The lowest BCUT2D eigenvalue weighted by molar-refractivity contribution is -0.125. The van der Waals surface area contributed by atoms with E-state index in [0.717, 1.165) is 10.6 Å². The van der Waals surface area contributed by atoms with Gasteiger partial charge in [-0.2, -0.15) is 0 Å². The van der Waals surface area contributed by atoms with Crippen LogP contribution in [-0.2, 0) is 9.59 Å². The van der Waals surface area contributed by atoms with Gasteiger partial charge in [-0.25, -0.2) is 4.98 Å². The molecule has 0 aliphatic rings. The Labute approximate surface area is 152 Å². The fourth-order valence-corrected chi connectivity index (χ4v) is 3.42. The van der Waals surface area contributed by atoms with Gasteiger partial charge in [-0.1, -0.05) is 24.3 Å². The third-order valence-corrected chi connectivity index (χ3v) is 4.73. The van der Waals surface area contributed by atoms with E-state index in [1.54, 1.807) is 23.5 Å². The van der Waals surface area contributed by atoms with E-state index in [0.29, 0.717) is 10.9 Å². The number of thiophene rings is 1. The average molecular weight is 373 g/mol. The lowest BCUT2D eigenvalue weighted by Crippen LogP contribution is -2.35. The number of amides is 2. The smallest absolute Gasteiger partial charge is 0.258 e. The highest BCUT2D eigenvalue weighted by Gasteiger charge is 2.10. The highest BCUT2D eigenvalue weighted by atomic mass is 32.1. The zero-order chi connectivity index (χ0) is 17.5. The van der Waals surface area contributed by atoms with E-state index in [-0.39, 0.29) is 25.0 Å². The molecule has 0 bridgehead atoms. The molecule has 2 amide bonds. The number of para-hydroxylation sites is 1. The van der Waals surface area contributed by atoms with Crippen LogP contribution in [-0.4, -0.2) is 29.9 Å². The number of rotatable bonds is 7. The maximum absolute atomic E-state index is 11.9. The summed E-state index contributed by atoms with van der Waals surface area (Å²) in [5, 5.41) is 9.54. The first kappa shape index (κ1) is 17.1. The normalized spacial score (nSPS) is 10.2. The lowest BCUT2D eigenvalue weighted by atomic mass is 10.3. The van der Waals surface area contributed by atoms with Gasteiger partial charge in [0.1, 0.15) is 5.75 Å². The van der Waals surface area contributed by atoms with Gasteiger partial charge in [-0.15, -0.1) is 22.7 Å². The highest BCUT2D eigenvalue weighted by molar-refractivity contribution is 7.16. The van der Waals surface area contributed by atoms with Crippen LogP contribution in [0.1, 0.15) is 0 Å². The molecule has 0 aliphatic carbocycles. The second kappa shape index (κ2) is 8.41. The molecule has 128 valence electrons. The maximum atomic E-state index is 11.9. The van der Waals surface area contributed by atoms with Crippen LogP contribution in [0.2, 0.25) is 0 Å². The fourth-order valence-electron chi connectivity index (χ4n) is 1.93. The average Bonchev–Trinajstić information content (AvgIpc) is 3.30. The Kier molecular flexibility index (Phi) is 5.76. The van der Waals surface area contributed by atoms with Crippen molar-refractivity contribution in [2.45, 2.75) is 0 Å². The largest absolute Gasteiger partial charge is 0.484 e. The van der Waals surface area contributed by atoms with Crippen molar-refractivity contribution in [1.29, 1.82) is 0 Å². The van der Waals surface area contributed by atoms with E-state index in [1.165, 1.54) is 11.3 Å². The van der Waals surface area contributed by atoms with Gasteiger partial charge < -0.3 is 15.4 Å². The molecule has 0 atom stereocenters. The van der Waals surface area contributed by atoms with Gasteiger partial charge in [-0.05, 0) is 23.6 Å². The van der Waals surface area contributed by atoms with Crippen molar-refractivity contribution in [2.75, 3.05) is 18.5 Å². The summed E-state index contributed by atoms with van der Waals surface area (Å²) in [6, 6.07) is 12.9. The number of nitrogens with zero attached hydrogens (tertiary/aromatic N) is 1. The molecule has 0 spiro atoms. The standard InChI is InChI=1S/C17H15N3O3S2/c21-15(9-18-16(22)10-23-12-5-2-1-3-6-12)20-17-19-13(11-25-17)14-7-4-8-24-14/h1-8,11H,9-10H2,(H,18,22)(H,19,20,21). The second-order valence-electron chi connectivity index (χ2n) is 4.94. The third kappa shape index (κ3) is 5.13. The summed E-state index contributed by atoms with van der Waals surface area (Å²) < 4.78 is 5.31. The van der Waals surface area contributed by atoms with E-state index in [2.05, 4.69) is 15.6 Å². The first-order chi connectivity index (χ1) is 12.2. The summed E-state index contributed by atoms with van der Waals surface area (Å²) in [5.41, 5.74) is 0.829. The Hall–Kier alpha value is -2.71. The molecular weight excluding hydrogens is 358 g/mol. The fraction of sp³-hybridized carbons (Fsp3) is 0.118. The number of carbonyl (C=O) groups excluding carboxylic acids is 2. The predicted octanol–water partition coefficient (Wildman–Crippen LogP) is 3.01. The van der Waals surface area contributed by atoms with Crippen molar-refractivity contribution in [3.05, 3.63) is 53.2 Å². The molecule has 0 aliphatic heterocycles. The first-order valence-corrected chi connectivity index (χ1v) is 9.20. The number of ether oxygens (including phenoxy) is 1. The van der Waals surface area contributed by atoms with E-state index in [9.17, 15) is 9.59 Å². The molecule has 0 fully saturated rings. The molecule has 0 saturated carbocycles. The molecule has 25 heavy (non-hydrogen) atoms. The highest BCUT2D eigenvalue weighted by Crippen LogP contribution is 2.28. The van der Waals surface area contributed by atoms with Crippen LogP contribution >= 0.6 is 22.7 Å². The summed E-state index contributed by atoms with van der Waals surface area (Å²) in [5.74, 6) is -0.0939.